The minimum atomic E-state index is -0.646. The number of carbonyl (C=O) groups excluding carboxylic acids is 1. The van der Waals surface area contributed by atoms with E-state index >= 15 is 0 Å². The van der Waals surface area contributed by atoms with Crippen LogP contribution in [0.5, 0.6) is 0 Å². The molecule has 1 atom stereocenters. The second kappa shape index (κ2) is 5.48. The largest absolute Gasteiger partial charge is 0.394 e. The van der Waals surface area contributed by atoms with Crippen LogP contribution in [0.25, 0.3) is 0 Å². The minimum Gasteiger partial charge on any atom is -0.394 e. The zero-order valence-electron chi connectivity index (χ0n) is 11.3. The third-order valence-electron chi connectivity index (χ3n) is 3.24. The fourth-order valence-electron chi connectivity index (χ4n) is 1.66. The van der Waals surface area contributed by atoms with Crippen molar-refractivity contribution in [3.8, 4) is 0 Å². The number of aliphatic hydroxyl groups is 1. The Balaban J connectivity index is 2.98. The lowest BCUT2D eigenvalue weighted by Gasteiger charge is -2.27. The normalized spacial score (nSPS) is 14.1. The zero-order valence-corrected chi connectivity index (χ0v) is 11.3. The molecule has 1 amide bonds. The molecule has 0 aliphatic heterocycles. The number of hydrogen-bond acceptors (Lipinski definition) is 2. The van der Waals surface area contributed by atoms with Crippen molar-refractivity contribution in [2.45, 2.75) is 39.7 Å². The highest BCUT2D eigenvalue weighted by Gasteiger charge is 2.24. The van der Waals surface area contributed by atoms with Gasteiger partial charge in [0.1, 0.15) is 5.82 Å². The van der Waals surface area contributed by atoms with Crippen LogP contribution in [0.4, 0.5) is 4.39 Å². The lowest BCUT2D eigenvalue weighted by Crippen LogP contribution is -2.48. The van der Waals surface area contributed by atoms with E-state index in [1.807, 2.05) is 6.92 Å². The van der Waals surface area contributed by atoms with Crippen LogP contribution in [-0.2, 0) is 0 Å². The van der Waals surface area contributed by atoms with Crippen LogP contribution in [0.1, 0.15) is 41.8 Å². The molecule has 0 fully saturated rings. The van der Waals surface area contributed by atoms with Crippen molar-refractivity contribution < 1.29 is 14.3 Å². The maximum Gasteiger partial charge on any atom is 0.251 e. The molecule has 0 radical (unpaired) electrons. The third kappa shape index (κ3) is 3.07. The summed E-state index contributed by atoms with van der Waals surface area (Å²) in [5, 5.41) is 12.0. The minimum absolute atomic E-state index is 0.131. The van der Waals surface area contributed by atoms with Gasteiger partial charge in [0.15, 0.2) is 0 Å². The molecule has 100 valence electrons. The summed E-state index contributed by atoms with van der Waals surface area (Å²) in [5.41, 5.74) is 0.664. The fourth-order valence-corrected chi connectivity index (χ4v) is 1.66. The van der Waals surface area contributed by atoms with E-state index in [0.717, 1.165) is 0 Å². The molecule has 18 heavy (non-hydrogen) atoms. The highest BCUT2D eigenvalue weighted by atomic mass is 19.1. The molecule has 1 aromatic rings. The molecule has 1 aromatic carbocycles. The summed E-state index contributed by atoms with van der Waals surface area (Å²) < 4.78 is 13.5. The van der Waals surface area contributed by atoms with Gasteiger partial charge in [-0.2, -0.15) is 0 Å². The van der Waals surface area contributed by atoms with Gasteiger partial charge in [-0.25, -0.2) is 4.39 Å². The molecule has 0 spiro atoms. The molecule has 0 aromatic heterocycles. The van der Waals surface area contributed by atoms with Crippen molar-refractivity contribution in [3.63, 3.8) is 0 Å². The molecule has 2 N–H and O–H groups in total. The third-order valence-corrected chi connectivity index (χ3v) is 3.24. The van der Waals surface area contributed by atoms with Crippen LogP contribution in [0.3, 0.4) is 0 Å². The number of halogens is 1. The second-order valence-electron chi connectivity index (χ2n) is 4.95. The highest BCUT2D eigenvalue weighted by Crippen LogP contribution is 2.16. The molecule has 1 unspecified atom stereocenters. The van der Waals surface area contributed by atoms with E-state index in [0.29, 0.717) is 23.1 Å². The maximum atomic E-state index is 13.5. The lowest BCUT2D eigenvalue weighted by atomic mass is 9.98. The van der Waals surface area contributed by atoms with Gasteiger partial charge < -0.3 is 10.4 Å². The first-order valence-corrected chi connectivity index (χ1v) is 6.03. The van der Waals surface area contributed by atoms with Gasteiger partial charge in [0.05, 0.1) is 12.1 Å². The Morgan fingerprint density at radius 3 is 2.28 bits per heavy atom. The van der Waals surface area contributed by atoms with Crippen molar-refractivity contribution in [1.82, 2.24) is 5.32 Å². The van der Waals surface area contributed by atoms with Gasteiger partial charge in [0.2, 0.25) is 0 Å². The van der Waals surface area contributed by atoms with Crippen LogP contribution >= 0.6 is 0 Å². The van der Waals surface area contributed by atoms with E-state index in [1.165, 1.54) is 12.1 Å². The Hall–Kier alpha value is -1.42. The summed E-state index contributed by atoms with van der Waals surface area (Å²) >= 11 is 0. The number of rotatable bonds is 4. The summed E-state index contributed by atoms with van der Waals surface area (Å²) in [5.74, 6) is -0.577. The number of aryl methyl sites for hydroxylation is 2. The Morgan fingerprint density at radius 2 is 1.89 bits per heavy atom. The number of hydrogen-bond donors (Lipinski definition) is 2. The quantitative estimate of drug-likeness (QED) is 0.865. The number of carbonyl (C=O) groups is 1. The number of aliphatic hydroxyl groups excluding tert-OH is 1. The first-order valence-electron chi connectivity index (χ1n) is 6.03. The SMILES string of the molecule is CCC(C)(CO)NC(=O)c1cc(C)c(F)c(C)c1. The van der Waals surface area contributed by atoms with Crippen molar-refractivity contribution in [3.05, 3.63) is 34.6 Å². The second-order valence-corrected chi connectivity index (χ2v) is 4.95. The van der Waals surface area contributed by atoms with Gasteiger partial charge in [0, 0.05) is 5.56 Å². The zero-order chi connectivity index (χ0) is 13.9. The Labute approximate surface area is 107 Å². The summed E-state index contributed by atoms with van der Waals surface area (Å²) in [7, 11) is 0. The average molecular weight is 253 g/mol. The summed E-state index contributed by atoms with van der Waals surface area (Å²) in [6, 6.07) is 3.04. The standard InChI is InChI=1S/C14H20FNO2/c1-5-14(4,8-17)16-13(18)11-6-9(2)12(15)10(3)7-11/h6-7,17H,5,8H2,1-4H3,(H,16,18). The fraction of sp³-hybridized carbons (Fsp3) is 0.500. The Bertz CT molecular complexity index is 430. The van der Waals surface area contributed by atoms with Gasteiger partial charge in [-0.3, -0.25) is 4.79 Å². The molecular formula is C14H20FNO2. The van der Waals surface area contributed by atoms with Gasteiger partial charge in [0.25, 0.3) is 5.91 Å². The van der Waals surface area contributed by atoms with Crippen molar-refractivity contribution >= 4 is 5.91 Å². The number of benzene rings is 1. The predicted octanol–water partition coefficient (Wildman–Crippen LogP) is 2.33. The first kappa shape index (κ1) is 14.6. The molecule has 4 heteroatoms. The Kier molecular flexibility index (Phi) is 4.46. The smallest absolute Gasteiger partial charge is 0.251 e. The van der Waals surface area contributed by atoms with Gasteiger partial charge >= 0.3 is 0 Å². The molecule has 0 aliphatic rings. The van der Waals surface area contributed by atoms with Crippen molar-refractivity contribution in [2.75, 3.05) is 6.61 Å². The monoisotopic (exact) mass is 253 g/mol. The van der Waals surface area contributed by atoms with Crippen molar-refractivity contribution in [1.29, 1.82) is 0 Å². The summed E-state index contributed by atoms with van der Waals surface area (Å²) in [6.45, 7) is 6.79. The number of nitrogens with one attached hydrogen (secondary N) is 1. The van der Waals surface area contributed by atoms with Crippen LogP contribution in [0.2, 0.25) is 0 Å². The summed E-state index contributed by atoms with van der Waals surface area (Å²) in [6.07, 6.45) is 0.619. The molecular weight excluding hydrogens is 233 g/mol. The molecule has 0 saturated heterocycles. The molecule has 0 bridgehead atoms. The van der Waals surface area contributed by atoms with E-state index in [-0.39, 0.29) is 18.3 Å². The summed E-state index contributed by atoms with van der Waals surface area (Å²) in [4.78, 5) is 12.0. The van der Waals surface area contributed by atoms with Crippen LogP contribution in [-0.4, -0.2) is 23.2 Å². The van der Waals surface area contributed by atoms with Crippen LogP contribution < -0.4 is 5.32 Å². The van der Waals surface area contributed by atoms with Gasteiger partial charge in [-0.05, 0) is 50.5 Å². The molecule has 0 heterocycles. The van der Waals surface area contributed by atoms with E-state index in [4.69, 9.17) is 0 Å². The van der Waals surface area contributed by atoms with Gasteiger partial charge in [-0.1, -0.05) is 6.92 Å². The van der Waals surface area contributed by atoms with E-state index in [9.17, 15) is 14.3 Å². The van der Waals surface area contributed by atoms with E-state index in [1.54, 1.807) is 20.8 Å². The van der Waals surface area contributed by atoms with E-state index < -0.39 is 5.54 Å². The highest BCUT2D eigenvalue weighted by molar-refractivity contribution is 5.95. The molecule has 3 nitrogen and oxygen atoms in total. The first-order chi connectivity index (χ1) is 8.33. The van der Waals surface area contributed by atoms with Gasteiger partial charge in [-0.15, -0.1) is 0 Å². The average Bonchev–Trinajstić information content (AvgIpc) is 2.35. The predicted molar refractivity (Wildman–Crippen MR) is 69.1 cm³/mol. The van der Waals surface area contributed by atoms with Crippen LogP contribution in [0.15, 0.2) is 12.1 Å². The van der Waals surface area contributed by atoms with Crippen LogP contribution in [0, 0.1) is 19.7 Å². The molecule has 0 aliphatic carbocycles. The topological polar surface area (TPSA) is 49.3 Å². The van der Waals surface area contributed by atoms with Crippen molar-refractivity contribution in [2.24, 2.45) is 0 Å². The molecule has 1 rings (SSSR count). The van der Waals surface area contributed by atoms with E-state index in [2.05, 4.69) is 5.32 Å². The maximum absolute atomic E-state index is 13.5. The lowest BCUT2D eigenvalue weighted by molar-refractivity contribution is 0.0847. The Morgan fingerprint density at radius 1 is 1.39 bits per heavy atom. The molecule has 0 saturated carbocycles. The number of amides is 1.